The van der Waals surface area contributed by atoms with Crippen LogP contribution in [0.4, 0.5) is 23.2 Å². The van der Waals surface area contributed by atoms with Crippen molar-refractivity contribution in [3.63, 3.8) is 0 Å². The SMILES string of the molecule is O=C(Nc1cccc(OC(F)(F)F)c1)c1ccncc1F. The number of pyridine rings is 1. The predicted octanol–water partition coefficient (Wildman–Crippen LogP) is 3.37. The fourth-order valence-electron chi connectivity index (χ4n) is 1.53. The Balaban J connectivity index is 2.15. The van der Waals surface area contributed by atoms with Crippen molar-refractivity contribution in [3.8, 4) is 5.75 Å². The summed E-state index contributed by atoms with van der Waals surface area (Å²) < 4.78 is 53.3. The number of carbonyl (C=O) groups excluding carboxylic acids is 1. The largest absolute Gasteiger partial charge is 0.573 e. The van der Waals surface area contributed by atoms with Crippen LogP contribution in [0.5, 0.6) is 5.75 Å². The lowest BCUT2D eigenvalue weighted by Crippen LogP contribution is -2.17. The number of anilines is 1. The number of nitrogens with one attached hydrogen (secondary N) is 1. The molecule has 0 aliphatic carbocycles. The molecule has 0 unspecified atom stereocenters. The van der Waals surface area contributed by atoms with E-state index in [0.29, 0.717) is 0 Å². The minimum absolute atomic E-state index is 0.0398. The number of hydrogen-bond donors (Lipinski definition) is 1. The van der Waals surface area contributed by atoms with Gasteiger partial charge in [0.1, 0.15) is 5.75 Å². The van der Waals surface area contributed by atoms with E-state index in [0.717, 1.165) is 24.4 Å². The van der Waals surface area contributed by atoms with E-state index in [9.17, 15) is 22.4 Å². The lowest BCUT2D eigenvalue weighted by Gasteiger charge is -2.10. The summed E-state index contributed by atoms with van der Waals surface area (Å²) in [7, 11) is 0. The van der Waals surface area contributed by atoms with Crippen molar-refractivity contribution in [1.29, 1.82) is 0 Å². The topological polar surface area (TPSA) is 51.2 Å². The Morgan fingerprint density at radius 3 is 2.67 bits per heavy atom. The minimum atomic E-state index is -4.83. The van der Waals surface area contributed by atoms with Crippen molar-refractivity contribution in [1.82, 2.24) is 4.98 Å². The third kappa shape index (κ3) is 4.16. The van der Waals surface area contributed by atoms with Gasteiger partial charge in [0.25, 0.3) is 5.91 Å². The minimum Gasteiger partial charge on any atom is -0.406 e. The number of nitrogens with zero attached hydrogens (tertiary/aromatic N) is 1. The summed E-state index contributed by atoms with van der Waals surface area (Å²) in [4.78, 5) is 15.3. The van der Waals surface area contributed by atoms with E-state index in [1.807, 2.05) is 0 Å². The van der Waals surface area contributed by atoms with Gasteiger partial charge in [-0.25, -0.2) is 4.39 Å². The molecule has 0 bridgehead atoms. The summed E-state index contributed by atoms with van der Waals surface area (Å²) >= 11 is 0. The van der Waals surface area contributed by atoms with Crippen LogP contribution in [0.1, 0.15) is 10.4 Å². The van der Waals surface area contributed by atoms with Crippen LogP contribution in [0, 0.1) is 5.82 Å². The third-order valence-corrected chi connectivity index (χ3v) is 2.34. The van der Waals surface area contributed by atoms with Crippen molar-refractivity contribution in [3.05, 3.63) is 54.1 Å². The third-order valence-electron chi connectivity index (χ3n) is 2.34. The standard InChI is InChI=1S/C13H8F4N2O2/c14-11-7-18-5-4-10(11)12(20)19-8-2-1-3-9(6-8)21-13(15,16)17/h1-7H,(H,19,20). The molecule has 1 amide bonds. The van der Waals surface area contributed by atoms with E-state index in [2.05, 4.69) is 15.0 Å². The van der Waals surface area contributed by atoms with Crippen molar-refractivity contribution in [2.75, 3.05) is 5.32 Å². The number of rotatable bonds is 3. The number of ether oxygens (including phenoxy) is 1. The van der Waals surface area contributed by atoms with Crippen LogP contribution in [0.3, 0.4) is 0 Å². The Labute approximate surface area is 116 Å². The molecule has 0 atom stereocenters. The van der Waals surface area contributed by atoms with Gasteiger partial charge in [-0.05, 0) is 18.2 Å². The molecule has 1 N–H and O–H groups in total. The Morgan fingerprint density at radius 1 is 1.24 bits per heavy atom. The van der Waals surface area contributed by atoms with Crippen LogP contribution < -0.4 is 10.1 Å². The van der Waals surface area contributed by atoms with Crippen molar-refractivity contribution in [2.45, 2.75) is 6.36 Å². The molecular weight excluding hydrogens is 292 g/mol. The highest BCUT2D eigenvalue weighted by atomic mass is 19.4. The van der Waals surface area contributed by atoms with Crippen molar-refractivity contribution < 1.29 is 27.1 Å². The average molecular weight is 300 g/mol. The summed E-state index contributed by atoms with van der Waals surface area (Å²) in [6, 6.07) is 5.82. The van der Waals surface area contributed by atoms with E-state index >= 15 is 0 Å². The van der Waals surface area contributed by atoms with Gasteiger partial charge in [0.15, 0.2) is 5.82 Å². The molecule has 0 aliphatic heterocycles. The first-order valence-electron chi connectivity index (χ1n) is 5.62. The quantitative estimate of drug-likeness (QED) is 0.884. The number of halogens is 4. The van der Waals surface area contributed by atoms with E-state index in [1.54, 1.807) is 0 Å². The molecule has 0 saturated heterocycles. The Bertz CT molecular complexity index is 659. The average Bonchev–Trinajstić information content (AvgIpc) is 2.37. The van der Waals surface area contributed by atoms with E-state index < -0.39 is 23.8 Å². The zero-order chi connectivity index (χ0) is 15.5. The van der Waals surface area contributed by atoms with Gasteiger partial charge in [0.2, 0.25) is 0 Å². The first kappa shape index (κ1) is 14.8. The predicted molar refractivity (Wildman–Crippen MR) is 65.3 cm³/mol. The van der Waals surface area contributed by atoms with Gasteiger partial charge < -0.3 is 10.1 Å². The molecule has 0 fully saturated rings. The number of alkyl halides is 3. The molecule has 0 radical (unpaired) electrons. The second-order valence-corrected chi connectivity index (χ2v) is 3.89. The molecule has 0 saturated carbocycles. The molecular formula is C13H8F4N2O2. The second-order valence-electron chi connectivity index (χ2n) is 3.89. The lowest BCUT2D eigenvalue weighted by atomic mass is 10.2. The van der Waals surface area contributed by atoms with E-state index in [-0.39, 0.29) is 11.3 Å². The fourth-order valence-corrected chi connectivity index (χ4v) is 1.53. The maximum absolute atomic E-state index is 13.3. The summed E-state index contributed by atoms with van der Waals surface area (Å²) in [5.41, 5.74) is -0.231. The number of benzene rings is 1. The zero-order valence-corrected chi connectivity index (χ0v) is 10.3. The van der Waals surface area contributed by atoms with Gasteiger partial charge in [-0.1, -0.05) is 6.07 Å². The van der Waals surface area contributed by atoms with E-state index in [1.165, 1.54) is 18.3 Å². The Morgan fingerprint density at radius 2 is 2.00 bits per heavy atom. The molecule has 1 heterocycles. The van der Waals surface area contributed by atoms with Crippen LogP contribution in [0.15, 0.2) is 42.7 Å². The van der Waals surface area contributed by atoms with Crippen molar-refractivity contribution in [2.24, 2.45) is 0 Å². The van der Waals surface area contributed by atoms with Crippen LogP contribution in [0.2, 0.25) is 0 Å². The van der Waals surface area contributed by atoms with Crippen LogP contribution in [-0.2, 0) is 0 Å². The number of amides is 1. The fraction of sp³-hybridized carbons (Fsp3) is 0.0769. The van der Waals surface area contributed by atoms with Gasteiger partial charge in [-0.2, -0.15) is 0 Å². The number of carbonyl (C=O) groups is 1. The molecule has 0 spiro atoms. The Hall–Kier alpha value is -2.64. The first-order chi connectivity index (χ1) is 9.85. The monoisotopic (exact) mass is 300 g/mol. The molecule has 21 heavy (non-hydrogen) atoms. The molecule has 110 valence electrons. The van der Waals surface area contributed by atoms with Crippen LogP contribution in [-0.4, -0.2) is 17.3 Å². The first-order valence-corrected chi connectivity index (χ1v) is 5.62. The highest BCUT2D eigenvalue weighted by Crippen LogP contribution is 2.25. The summed E-state index contributed by atoms with van der Waals surface area (Å²) in [5.74, 6) is -2.13. The highest BCUT2D eigenvalue weighted by molar-refractivity contribution is 6.04. The number of hydrogen-bond acceptors (Lipinski definition) is 3. The molecule has 1 aromatic carbocycles. The van der Waals surface area contributed by atoms with Gasteiger partial charge in [0, 0.05) is 18.0 Å². The van der Waals surface area contributed by atoms with Crippen LogP contribution in [0.25, 0.3) is 0 Å². The normalized spacial score (nSPS) is 11.0. The van der Waals surface area contributed by atoms with Gasteiger partial charge >= 0.3 is 6.36 Å². The van der Waals surface area contributed by atoms with Gasteiger partial charge in [0.05, 0.1) is 11.8 Å². The smallest absolute Gasteiger partial charge is 0.406 e. The maximum Gasteiger partial charge on any atom is 0.573 e. The van der Waals surface area contributed by atoms with Gasteiger partial charge in [-0.15, -0.1) is 13.2 Å². The summed E-state index contributed by atoms with van der Waals surface area (Å²) in [5, 5.41) is 2.27. The second kappa shape index (κ2) is 5.78. The molecule has 4 nitrogen and oxygen atoms in total. The molecule has 8 heteroatoms. The van der Waals surface area contributed by atoms with E-state index in [4.69, 9.17) is 0 Å². The number of aromatic nitrogens is 1. The molecule has 2 rings (SSSR count). The summed E-state index contributed by atoms with van der Waals surface area (Å²) in [6.07, 6.45) is -2.75. The zero-order valence-electron chi connectivity index (χ0n) is 10.3. The summed E-state index contributed by atoms with van der Waals surface area (Å²) in [6.45, 7) is 0. The molecule has 1 aromatic heterocycles. The van der Waals surface area contributed by atoms with Crippen molar-refractivity contribution >= 4 is 11.6 Å². The Kier molecular flexibility index (Phi) is 4.06. The van der Waals surface area contributed by atoms with Crippen LogP contribution >= 0.6 is 0 Å². The maximum atomic E-state index is 13.3. The lowest BCUT2D eigenvalue weighted by molar-refractivity contribution is -0.274. The van der Waals surface area contributed by atoms with Gasteiger partial charge in [-0.3, -0.25) is 9.78 Å². The highest BCUT2D eigenvalue weighted by Gasteiger charge is 2.31. The molecule has 2 aromatic rings. The molecule has 0 aliphatic rings.